The first-order valence-electron chi connectivity index (χ1n) is 6.65. The Balaban J connectivity index is 1.94. The maximum Gasteiger partial charge on any atom is 0.246 e. The number of nitrogens with one attached hydrogen (secondary N) is 2. The summed E-state index contributed by atoms with van der Waals surface area (Å²) in [5, 5.41) is 6.01. The second kappa shape index (κ2) is 5.01. The Hall–Kier alpha value is -1.88. The average molecular weight is 259 g/mol. The van der Waals surface area contributed by atoms with E-state index in [0.717, 1.165) is 30.6 Å². The van der Waals surface area contributed by atoms with E-state index in [-0.39, 0.29) is 30.9 Å². The predicted octanol–water partition coefficient (Wildman–Crippen LogP) is 0.574. The van der Waals surface area contributed by atoms with E-state index in [1.165, 1.54) is 0 Å². The fourth-order valence-corrected chi connectivity index (χ4v) is 2.75. The lowest BCUT2D eigenvalue weighted by Crippen LogP contribution is -2.52. The smallest absolute Gasteiger partial charge is 0.246 e. The number of hydrogen-bond acceptors (Lipinski definition) is 3. The fraction of sp³-hybridized carbons (Fsp3) is 0.429. The van der Waals surface area contributed by atoms with Gasteiger partial charge in [0.2, 0.25) is 11.8 Å². The lowest BCUT2D eigenvalue weighted by molar-refractivity contribution is -0.128. The molecule has 2 amide bonds. The molecule has 1 aromatic rings. The molecule has 0 bridgehead atoms. The lowest BCUT2D eigenvalue weighted by atomic mass is 10.0. The van der Waals surface area contributed by atoms with Crippen LogP contribution in [-0.2, 0) is 9.59 Å². The summed E-state index contributed by atoms with van der Waals surface area (Å²) in [6, 6.07) is 8.14. The third kappa shape index (κ3) is 2.33. The Morgan fingerprint density at radius 1 is 1.21 bits per heavy atom. The molecule has 2 fully saturated rings. The van der Waals surface area contributed by atoms with Crippen molar-refractivity contribution in [1.82, 2.24) is 10.6 Å². The molecule has 5 heteroatoms. The number of hydrogen-bond donors (Lipinski definition) is 2. The van der Waals surface area contributed by atoms with E-state index in [9.17, 15) is 9.59 Å². The van der Waals surface area contributed by atoms with Gasteiger partial charge >= 0.3 is 0 Å². The first kappa shape index (κ1) is 12.2. The van der Waals surface area contributed by atoms with E-state index in [1.807, 2.05) is 24.3 Å². The Bertz CT molecular complexity index is 509. The molecule has 19 heavy (non-hydrogen) atoms. The van der Waals surface area contributed by atoms with Gasteiger partial charge in [0.15, 0.2) is 0 Å². The van der Waals surface area contributed by atoms with Crippen LogP contribution in [0.4, 0.5) is 5.69 Å². The molecule has 1 unspecified atom stereocenters. The zero-order valence-corrected chi connectivity index (χ0v) is 10.7. The van der Waals surface area contributed by atoms with Gasteiger partial charge in [-0.25, -0.2) is 0 Å². The number of rotatable bonds is 2. The van der Waals surface area contributed by atoms with Gasteiger partial charge in [0.25, 0.3) is 0 Å². The molecule has 0 aliphatic carbocycles. The summed E-state index contributed by atoms with van der Waals surface area (Å²) in [6.45, 7) is 1.21. The molecule has 2 N–H and O–H groups in total. The van der Waals surface area contributed by atoms with Crippen LogP contribution in [0.15, 0.2) is 24.3 Å². The van der Waals surface area contributed by atoms with E-state index in [1.54, 1.807) is 4.90 Å². The van der Waals surface area contributed by atoms with Crippen LogP contribution in [0.3, 0.4) is 0 Å². The average Bonchev–Trinajstić information content (AvgIpc) is 2.95. The number of para-hydroxylation sites is 1. The van der Waals surface area contributed by atoms with Crippen molar-refractivity contribution in [1.29, 1.82) is 0 Å². The van der Waals surface area contributed by atoms with Gasteiger partial charge in [-0.1, -0.05) is 18.2 Å². The monoisotopic (exact) mass is 259 g/mol. The van der Waals surface area contributed by atoms with Gasteiger partial charge in [-0.3, -0.25) is 9.59 Å². The Labute approximate surface area is 112 Å². The van der Waals surface area contributed by atoms with Crippen molar-refractivity contribution < 1.29 is 9.59 Å². The molecule has 2 heterocycles. The maximum absolute atomic E-state index is 12.0. The normalized spacial score (nSPS) is 23.6. The van der Waals surface area contributed by atoms with Crippen LogP contribution in [0, 0.1) is 0 Å². The summed E-state index contributed by atoms with van der Waals surface area (Å²) < 4.78 is 0. The maximum atomic E-state index is 12.0. The first-order chi connectivity index (χ1) is 9.25. The minimum absolute atomic E-state index is 0.0509. The van der Waals surface area contributed by atoms with Crippen molar-refractivity contribution in [2.24, 2.45) is 0 Å². The molecule has 1 aromatic carbocycles. The standard InChI is InChI=1S/C14H17N3O2/c18-13-9-17(14(19)8-16-13)12-6-2-1-4-10(12)11-5-3-7-15-11/h1-2,4,6,11,15H,3,5,7-9H2,(H,16,18). The van der Waals surface area contributed by atoms with Crippen LogP contribution in [0.2, 0.25) is 0 Å². The number of anilines is 1. The van der Waals surface area contributed by atoms with Crippen molar-refractivity contribution in [3.63, 3.8) is 0 Å². The van der Waals surface area contributed by atoms with Crippen molar-refractivity contribution in [2.45, 2.75) is 18.9 Å². The molecule has 3 rings (SSSR count). The highest BCUT2D eigenvalue weighted by Gasteiger charge is 2.28. The zero-order chi connectivity index (χ0) is 13.2. The van der Waals surface area contributed by atoms with Gasteiger partial charge in [-0.15, -0.1) is 0 Å². The van der Waals surface area contributed by atoms with Crippen molar-refractivity contribution in [2.75, 3.05) is 24.5 Å². The number of benzene rings is 1. The molecule has 5 nitrogen and oxygen atoms in total. The third-order valence-electron chi connectivity index (χ3n) is 3.70. The lowest BCUT2D eigenvalue weighted by Gasteiger charge is -2.29. The van der Waals surface area contributed by atoms with E-state index in [2.05, 4.69) is 10.6 Å². The van der Waals surface area contributed by atoms with E-state index in [0.29, 0.717) is 0 Å². The van der Waals surface area contributed by atoms with E-state index in [4.69, 9.17) is 0 Å². The van der Waals surface area contributed by atoms with Crippen molar-refractivity contribution in [3.8, 4) is 0 Å². The van der Waals surface area contributed by atoms with E-state index < -0.39 is 0 Å². The molecular formula is C14H17N3O2. The number of carbonyl (C=O) groups excluding carboxylic acids is 2. The molecule has 100 valence electrons. The summed E-state index contributed by atoms with van der Waals surface area (Å²) >= 11 is 0. The molecule has 0 aromatic heterocycles. The molecule has 0 saturated carbocycles. The summed E-state index contributed by atoms with van der Waals surface area (Å²) in [5.41, 5.74) is 1.98. The third-order valence-corrected chi connectivity index (χ3v) is 3.70. The number of nitrogens with zero attached hydrogens (tertiary/aromatic N) is 1. The highest BCUT2D eigenvalue weighted by atomic mass is 16.2. The highest BCUT2D eigenvalue weighted by molar-refractivity contribution is 6.05. The van der Waals surface area contributed by atoms with Gasteiger partial charge in [0, 0.05) is 11.7 Å². The molecule has 1 atom stereocenters. The van der Waals surface area contributed by atoms with Gasteiger partial charge < -0.3 is 15.5 Å². The van der Waals surface area contributed by atoms with Crippen LogP contribution < -0.4 is 15.5 Å². The Morgan fingerprint density at radius 3 is 2.84 bits per heavy atom. The minimum Gasteiger partial charge on any atom is -0.345 e. The Kier molecular flexibility index (Phi) is 3.21. The van der Waals surface area contributed by atoms with E-state index >= 15 is 0 Å². The minimum atomic E-state index is -0.103. The molecular weight excluding hydrogens is 242 g/mol. The van der Waals surface area contributed by atoms with Crippen LogP contribution in [-0.4, -0.2) is 31.4 Å². The summed E-state index contributed by atoms with van der Waals surface area (Å²) in [7, 11) is 0. The molecule has 2 aliphatic rings. The Morgan fingerprint density at radius 2 is 2.05 bits per heavy atom. The number of piperazine rings is 1. The zero-order valence-electron chi connectivity index (χ0n) is 10.7. The van der Waals surface area contributed by atoms with Gasteiger partial charge in [0.1, 0.15) is 6.54 Å². The quantitative estimate of drug-likeness (QED) is 0.816. The van der Waals surface area contributed by atoms with Crippen LogP contribution >= 0.6 is 0 Å². The van der Waals surface area contributed by atoms with Gasteiger partial charge in [-0.05, 0) is 31.0 Å². The second-order valence-electron chi connectivity index (χ2n) is 4.96. The summed E-state index contributed by atoms with van der Waals surface area (Å²) in [5.74, 6) is -0.154. The molecule has 0 radical (unpaired) electrons. The predicted molar refractivity (Wildman–Crippen MR) is 71.8 cm³/mol. The fourth-order valence-electron chi connectivity index (χ4n) is 2.75. The first-order valence-corrected chi connectivity index (χ1v) is 6.65. The number of amides is 2. The van der Waals surface area contributed by atoms with Crippen molar-refractivity contribution in [3.05, 3.63) is 29.8 Å². The second-order valence-corrected chi connectivity index (χ2v) is 4.96. The molecule has 0 spiro atoms. The van der Waals surface area contributed by atoms with Crippen LogP contribution in [0.1, 0.15) is 24.4 Å². The summed E-state index contributed by atoms with van der Waals surface area (Å²) in [4.78, 5) is 25.1. The van der Waals surface area contributed by atoms with Gasteiger partial charge in [0.05, 0.1) is 6.54 Å². The topological polar surface area (TPSA) is 61.4 Å². The van der Waals surface area contributed by atoms with Crippen LogP contribution in [0.25, 0.3) is 0 Å². The van der Waals surface area contributed by atoms with Gasteiger partial charge in [-0.2, -0.15) is 0 Å². The SMILES string of the molecule is O=C1CN(c2ccccc2C2CCCN2)C(=O)CN1. The largest absolute Gasteiger partial charge is 0.345 e. The van der Waals surface area contributed by atoms with Crippen molar-refractivity contribution >= 4 is 17.5 Å². The molecule has 2 aliphatic heterocycles. The number of carbonyl (C=O) groups is 2. The van der Waals surface area contributed by atoms with Crippen LogP contribution in [0.5, 0.6) is 0 Å². The summed E-state index contributed by atoms with van der Waals surface area (Å²) in [6.07, 6.45) is 2.22. The molecule has 2 saturated heterocycles. The highest BCUT2D eigenvalue weighted by Crippen LogP contribution is 2.31.